The lowest BCUT2D eigenvalue weighted by Gasteiger charge is -2.20. The van der Waals surface area contributed by atoms with Crippen LogP contribution in [0.15, 0.2) is 24.3 Å². The first-order valence-electron chi connectivity index (χ1n) is 5.52. The standard InChI is InChI=1S/C13H15ClO5/c1-8(15)19-12(13(16)18-3)11(14)9-4-6-10(17-2)7-5-9/h4-7,11-12H,1-3H3. The SMILES string of the molecule is COC(=O)C(OC(C)=O)C(Cl)c1ccc(OC)cc1. The molecule has 104 valence electrons. The van der Waals surface area contributed by atoms with E-state index in [1.165, 1.54) is 14.0 Å². The number of carbonyl (C=O) groups is 2. The van der Waals surface area contributed by atoms with Crippen LogP contribution in [0, 0.1) is 0 Å². The molecule has 19 heavy (non-hydrogen) atoms. The van der Waals surface area contributed by atoms with Gasteiger partial charge in [0.1, 0.15) is 11.1 Å². The average Bonchev–Trinajstić information content (AvgIpc) is 2.43. The summed E-state index contributed by atoms with van der Waals surface area (Å²) in [5.41, 5.74) is 0.624. The smallest absolute Gasteiger partial charge is 0.349 e. The van der Waals surface area contributed by atoms with E-state index < -0.39 is 23.4 Å². The molecular formula is C13H15ClO5. The van der Waals surface area contributed by atoms with Crippen molar-refractivity contribution < 1.29 is 23.8 Å². The van der Waals surface area contributed by atoms with E-state index in [4.69, 9.17) is 21.1 Å². The third-order valence-electron chi connectivity index (χ3n) is 2.43. The zero-order valence-corrected chi connectivity index (χ0v) is 11.6. The summed E-state index contributed by atoms with van der Waals surface area (Å²) in [7, 11) is 2.75. The molecule has 0 aliphatic carbocycles. The van der Waals surface area contributed by atoms with Gasteiger partial charge in [0.05, 0.1) is 14.2 Å². The molecule has 0 aliphatic heterocycles. The number of halogens is 1. The van der Waals surface area contributed by atoms with Crippen molar-refractivity contribution >= 4 is 23.5 Å². The highest BCUT2D eigenvalue weighted by molar-refractivity contribution is 6.22. The first-order valence-corrected chi connectivity index (χ1v) is 5.96. The maximum atomic E-state index is 11.6. The minimum Gasteiger partial charge on any atom is -0.497 e. The molecule has 6 heteroatoms. The molecule has 0 aromatic heterocycles. The van der Waals surface area contributed by atoms with E-state index in [9.17, 15) is 9.59 Å². The Kier molecular flexibility index (Phi) is 5.63. The van der Waals surface area contributed by atoms with Gasteiger partial charge < -0.3 is 14.2 Å². The van der Waals surface area contributed by atoms with Gasteiger partial charge in [0.2, 0.25) is 6.10 Å². The quantitative estimate of drug-likeness (QED) is 0.612. The van der Waals surface area contributed by atoms with Crippen molar-refractivity contribution in [2.45, 2.75) is 18.4 Å². The number of methoxy groups -OCH3 is 2. The van der Waals surface area contributed by atoms with Gasteiger partial charge >= 0.3 is 11.9 Å². The molecule has 0 heterocycles. The molecule has 5 nitrogen and oxygen atoms in total. The predicted octanol–water partition coefficient (Wildman–Crippen LogP) is 2.08. The minimum atomic E-state index is -1.18. The van der Waals surface area contributed by atoms with Crippen molar-refractivity contribution in [2.24, 2.45) is 0 Å². The molecule has 0 spiro atoms. The van der Waals surface area contributed by atoms with Crippen molar-refractivity contribution in [3.63, 3.8) is 0 Å². The van der Waals surface area contributed by atoms with Crippen LogP contribution in [0.4, 0.5) is 0 Å². The van der Waals surface area contributed by atoms with Crippen LogP contribution in [0.3, 0.4) is 0 Å². The maximum Gasteiger partial charge on any atom is 0.349 e. The van der Waals surface area contributed by atoms with Crippen LogP contribution in [-0.2, 0) is 19.1 Å². The van der Waals surface area contributed by atoms with Crippen LogP contribution in [0.1, 0.15) is 17.9 Å². The molecule has 0 aliphatic rings. The minimum absolute atomic E-state index is 0.602. The molecule has 0 fully saturated rings. The van der Waals surface area contributed by atoms with Crippen LogP contribution in [0.5, 0.6) is 5.75 Å². The number of benzene rings is 1. The van der Waals surface area contributed by atoms with Crippen LogP contribution in [-0.4, -0.2) is 32.3 Å². The summed E-state index contributed by atoms with van der Waals surface area (Å²) in [6.07, 6.45) is -1.18. The van der Waals surface area contributed by atoms with E-state index in [-0.39, 0.29) is 0 Å². The first kappa shape index (κ1) is 15.3. The van der Waals surface area contributed by atoms with Crippen LogP contribution in [0.2, 0.25) is 0 Å². The van der Waals surface area contributed by atoms with Gasteiger partial charge in [-0.1, -0.05) is 12.1 Å². The number of hydrogen-bond acceptors (Lipinski definition) is 5. The topological polar surface area (TPSA) is 61.8 Å². The highest BCUT2D eigenvalue weighted by Gasteiger charge is 2.32. The molecule has 0 saturated carbocycles. The highest BCUT2D eigenvalue weighted by Crippen LogP contribution is 2.28. The molecule has 2 unspecified atom stereocenters. The van der Waals surface area contributed by atoms with Crippen molar-refractivity contribution in [3.8, 4) is 5.75 Å². The van der Waals surface area contributed by atoms with Gasteiger partial charge in [0.15, 0.2) is 0 Å². The molecule has 1 rings (SSSR count). The third-order valence-corrected chi connectivity index (χ3v) is 2.91. The van der Waals surface area contributed by atoms with Crippen molar-refractivity contribution in [2.75, 3.05) is 14.2 Å². The average molecular weight is 287 g/mol. The van der Waals surface area contributed by atoms with Crippen molar-refractivity contribution in [3.05, 3.63) is 29.8 Å². The molecule has 0 amide bonds. The van der Waals surface area contributed by atoms with Gasteiger partial charge in [0, 0.05) is 6.92 Å². The van der Waals surface area contributed by atoms with E-state index in [0.717, 1.165) is 0 Å². The van der Waals surface area contributed by atoms with Gasteiger partial charge in [0.25, 0.3) is 0 Å². The zero-order chi connectivity index (χ0) is 14.4. The van der Waals surface area contributed by atoms with E-state index in [2.05, 4.69) is 4.74 Å². The summed E-state index contributed by atoms with van der Waals surface area (Å²) < 4.78 is 14.5. The second-order valence-electron chi connectivity index (χ2n) is 3.73. The lowest BCUT2D eigenvalue weighted by molar-refractivity contribution is -0.164. The normalized spacial score (nSPS) is 13.3. The number of carbonyl (C=O) groups excluding carboxylic acids is 2. The van der Waals surface area contributed by atoms with Crippen molar-refractivity contribution in [1.29, 1.82) is 0 Å². The Morgan fingerprint density at radius 3 is 2.16 bits per heavy atom. The molecule has 1 aromatic rings. The predicted molar refractivity (Wildman–Crippen MR) is 69.2 cm³/mol. The van der Waals surface area contributed by atoms with E-state index in [1.54, 1.807) is 31.4 Å². The fraction of sp³-hybridized carbons (Fsp3) is 0.385. The summed E-state index contributed by atoms with van der Waals surface area (Å²) in [6, 6.07) is 6.78. The Bertz CT molecular complexity index is 443. The number of ether oxygens (including phenoxy) is 3. The number of rotatable bonds is 5. The van der Waals surface area contributed by atoms with Crippen LogP contribution in [0.25, 0.3) is 0 Å². The summed E-state index contributed by atoms with van der Waals surface area (Å²) >= 11 is 6.17. The van der Waals surface area contributed by atoms with Gasteiger partial charge in [-0.05, 0) is 17.7 Å². The van der Waals surface area contributed by atoms with E-state index >= 15 is 0 Å². The molecule has 2 atom stereocenters. The summed E-state index contributed by atoms with van der Waals surface area (Å²) in [4.78, 5) is 22.6. The highest BCUT2D eigenvalue weighted by atomic mass is 35.5. The summed E-state index contributed by atoms with van der Waals surface area (Å²) in [5.74, 6) is -0.643. The Balaban J connectivity index is 2.93. The van der Waals surface area contributed by atoms with E-state index in [1.807, 2.05) is 0 Å². The van der Waals surface area contributed by atoms with E-state index in [0.29, 0.717) is 11.3 Å². The molecular weight excluding hydrogens is 272 g/mol. The van der Waals surface area contributed by atoms with Crippen LogP contribution < -0.4 is 4.74 Å². The first-order chi connectivity index (χ1) is 8.99. The fourth-order valence-electron chi connectivity index (χ4n) is 1.48. The lowest BCUT2D eigenvalue weighted by Crippen LogP contribution is -2.31. The Morgan fingerprint density at radius 2 is 1.74 bits per heavy atom. The second-order valence-corrected chi connectivity index (χ2v) is 4.20. The molecule has 0 bridgehead atoms. The molecule has 1 aromatic carbocycles. The van der Waals surface area contributed by atoms with Crippen LogP contribution >= 0.6 is 11.6 Å². The monoisotopic (exact) mass is 286 g/mol. The number of hydrogen-bond donors (Lipinski definition) is 0. The Labute approximate surface area is 116 Å². The van der Waals surface area contributed by atoms with Gasteiger partial charge in [-0.3, -0.25) is 4.79 Å². The molecule has 0 saturated heterocycles. The second kappa shape index (κ2) is 6.99. The van der Waals surface area contributed by atoms with Gasteiger partial charge in [-0.2, -0.15) is 0 Å². The van der Waals surface area contributed by atoms with Crippen molar-refractivity contribution in [1.82, 2.24) is 0 Å². The Morgan fingerprint density at radius 1 is 1.16 bits per heavy atom. The molecule has 0 radical (unpaired) electrons. The Hall–Kier alpha value is -1.75. The zero-order valence-electron chi connectivity index (χ0n) is 10.9. The van der Waals surface area contributed by atoms with Gasteiger partial charge in [-0.15, -0.1) is 11.6 Å². The van der Waals surface area contributed by atoms with Gasteiger partial charge in [-0.25, -0.2) is 4.79 Å². The lowest BCUT2D eigenvalue weighted by atomic mass is 10.1. The largest absolute Gasteiger partial charge is 0.497 e. The fourth-order valence-corrected chi connectivity index (χ4v) is 1.78. The third kappa shape index (κ3) is 4.13. The maximum absolute atomic E-state index is 11.6. The number of esters is 2. The summed E-state index contributed by atoms with van der Waals surface area (Å²) in [5, 5.41) is -0.831. The molecule has 0 N–H and O–H groups in total. The number of alkyl halides is 1. The summed E-state index contributed by atoms with van der Waals surface area (Å²) in [6.45, 7) is 1.20.